The number of halogens is 4. The molecule has 0 fully saturated rings. The van der Waals surface area contributed by atoms with Gasteiger partial charge in [0.25, 0.3) is 0 Å². The summed E-state index contributed by atoms with van der Waals surface area (Å²) in [6.45, 7) is 0. The van der Waals surface area contributed by atoms with Crippen LogP contribution in [0.5, 0.6) is 0 Å². The van der Waals surface area contributed by atoms with Crippen molar-refractivity contribution in [2.24, 2.45) is 5.73 Å². The van der Waals surface area contributed by atoms with E-state index in [1.807, 2.05) is 0 Å². The highest BCUT2D eigenvalue weighted by molar-refractivity contribution is 5.36. The molecule has 2 N–H and O–H groups in total. The van der Waals surface area contributed by atoms with Crippen molar-refractivity contribution >= 4 is 0 Å². The van der Waals surface area contributed by atoms with Crippen LogP contribution in [0.25, 0.3) is 0 Å². The summed E-state index contributed by atoms with van der Waals surface area (Å²) in [6, 6.07) is 4.88. The van der Waals surface area contributed by atoms with E-state index in [2.05, 4.69) is 4.98 Å². The molecule has 0 saturated carbocycles. The molecule has 0 bridgehead atoms. The van der Waals surface area contributed by atoms with Gasteiger partial charge in [-0.1, -0.05) is 12.1 Å². The van der Waals surface area contributed by atoms with Crippen LogP contribution in [0.1, 0.15) is 22.7 Å². The second-order valence-electron chi connectivity index (χ2n) is 3.99. The van der Waals surface area contributed by atoms with Gasteiger partial charge in [0, 0.05) is 18.0 Å². The van der Waals surface area contributed by atoms with Crippen molar-refractivity contribution in [2.75, 3.05) is 0 Å². The smallest absolute Gasteiger partial charge is 0.320 e. The van der Waals surface area contributed by atoms with Crippen LogP contribution in [0.2, 0.25) is 0 Å². The quantitative estimate of drug-likeness (QED) is 0.850. The predicted octanol–water partition coefficient (Wildman–Crippen LogP) is 3.29. The van der Waals surface area contributed by atoms with Crippen molar-refractivity contribution in [1.82, 2.24) is 4.98 Å². The lowest BCUT2D eigenvalue weighted by Gasteiger charge is -2.18. The molecule has 6 heteroatoms. The zero-order valence-corrected chi connectivity index (χ0v) is 9.66. The minimum absolute atomic E-state index is 0.137. The van der Waals surface area contributed by atoms with Crippen LogP contribution in [-0.2, 0) is 6.18 Å². The van der Waals surface area contributed by atoms with Gasteiger partial charge in [0.05, 0.1) is 11.6 Å². The van der Waals surface area contributed by atoms with Gasteiger partial charge in [0.1, 0.15) is 5.82 Å². The fraction of sp³-hybridized carbons (Fsp3) is 0.154. The minimum atomic E-state index is -4.50. The first-order chi connectivity index (χ1) is 8.89. The lowest BCUT2D eigenvalue weighted by molar-refractivity contribution is -0.138. The van der Waals surface area contributed by atoms with E-state index in [9.17, 15) is 17.6 Å². The van der Waals surface area contributed by atoms with Crippen LogP contribution in [0, 0.1) is 5.82 Å². The number of hydrogen-bond acceptors (Lipinski definition) is 2. The molecule has 2 rings (SSSR count). The zero-order valence-electron chi connectivity index (χ0n) is 9.66. The number of rotatable bonds is 2. The first-order valence-electron chi connectivity index (χ1n) is 5.42. The van der Waals surface area contributed by atoms with Crippen molar-refractivity contribution < 1.29 is 17.6 Å². The summed E-state index contributed by atoms with van der Waals surface area (Å²) in [4.78, 5) is 3.67. The second kappa shape index (κ2) is 4.97. The number of nitrogens with zero attached hydrogens (tertiary/aromatic N) is 1. The summed E-state index contributed by atoms with van der Waals surface area (Å²) in [7, 11) is 0. The van der Waals surface area contributed by atoms with Gasteiger partial charge >= 0.3 is 6.18 Å². The van der Waals surface area contributed by atoms with Gasteiger partial charge < -0.3 is 5.73 Å². The topological polar surface area (TPSA) is 38.9 Å². The van der Waals surface area contributed by atoms with E-state index >= 15 is 0 Å². The Labute approximate surface area is 106 Å². The van der Waals surface area contributed by atoms with Crippen LogP contribution in [0.15, 0.2) is 42.7 Å². The van der Waals surface area contributed by atoms with Crippen LogP contribution in [0.3, 0.4) is 0 Å². The number of hydrogen-bond donors (Lipinski definition) is 1. The minimum Gasteiger partial charge on any atom is -0.320 e. The van der Waals surface area contributed by atoms with Gasteiger partial charge in [-0.15, -0.1) is 0 Å². The molecule has 0 aliphatic heterocycles. The molecular weight excluding hydrogens is 260 g/mol. The zero-order chi connectivity index (χ0) is 14.0. The first kappa shape index (κ1) is 13.5. The summed E-state index contributed by atoms with van der Waals surface area (Å²) in [5.41, 5.74) is 5.22. The van der Waals surface area contributed by atoms with E-state index in [0.29, 0.717) is 5.56 Å². The molecule has 0 aliphatic rings. The lowest BCUT2D eigenvalue weighted by Crippen LogP contribution is -2.18. The largest absolute Gasteiger partial charge is 0.416 e. The van der Waals surface area contributed by atoms with Crippen molar-refractivity contribution in [3.63, 3.8) is 0 Å². The van der Waals surface area contributed by atoms with Gasteiger partial charge in [-0.2, -0.15) is 13.2 Å². The molecular formula is C13H10F4N2. The Balaban J connectivity index is 2.44. The molecule has 0 radical (unpaired) electrons. The standard InChI is InChI=1S/C13H10F4N2/c14-9-3-1-8(2-4-9)12(18)10-7-19-6-5-11(10)13(15,16)17/h1-7,12H,18H2. The number of alkyl halides is 3. The Morgan fingerprint density at radius 3 is 2.26 bits per heavy atom. The summed E-state index contributed by atoms with van der Waals surface area (Å²) < 4.78 is 51.3. The van der Waals surface area contributed by atoms with E-state index in [1.165, 1.54) is 12.1 Å². The summed E-state index contributed by atoms with van der Waals surface area (Å²) >= 11 is 0. The molecule has 1 heterocycles. The molecule has 1 aromatic heterocycles. The fourth-order valence-corrected chi connectivity index (χ4v) is 1.76. The Hall–Kier alpha value is -1.95. The van der Waals surface area contributed by atoms with Gasteiger partial charge in [-0.3, -0.25) is 4.98 Å². The molecule has 2 aromatic rings. The average molecular weight is 270 g/mol. The van der Waals surface area contributed by atoms with Gasteiger partial charge in [-0.05, 0) is 23.8 Å². The molecule has 100 valence electrons. The third-order valence-electron chi connectivity index (χ3n) is 2.72. The van der Waals surface area contributed by atoms with E-state index in [4.69, 9.17) is 5.73 Å². The van der Waals surface area contributed by atoms with Crippen molar-refractivity contribution in [3.8, 4) is 0 Å². The molecule has 0 saturated heterocycles. The number of benzene rings is 1. The number of pyridine rings is 1. The third kappa shape index (κ3) is 2.90. The maximum Gasteiger partial charge on any atom is 0.416 e. The second-order valence-corrected chi connectivity index (χ2v) is 3.99. The van der Waals surface area contributed by atoms with E-state index in [0.717, 1.165) is 30.6 Å². The maximum atomic E-state index is 12.8. The van der Waals surface area contributed by atoms with Gasteiger partial charge in [-0.25, -0.2) is 4.39 Å². The summed E-state index contributed by atoms with van der Waals surface area (Å²) in [5.74, 6) is -0.474. The monoisotopic (exact) mass is 270 g/mol. The molecule has 0 spiro atoms. The molecule has 2 nitrogen and oxygen atoms in total. The predicted molar refractivity (Wildman–Crippen MR) is 61.7 cm³/mol. The normalized spacial score (nSPS) is 13.3. The Kier molecular flexibility index (Phi) is 3.53. The summed E-state index contributed by atoms with van der Waals surface area (Å²) in [5, 5.41) is 0. The summed E-state index contributed by atoms with van der Waals surface area (Å²) in [6.07, 6.45) is -2.36. The third-order valence-corrected chi connectivity index (χ3v) is 2.72. The number of aromatic nitrogens is 1. The van der Waals surface area contributed by atoms with Crippen LogP contribution in [0.4, 0.5) is 17.6 Å². The van der Waals surface area contributed by atoms with Crippen molar-refractivity contribution in [1.29, 1.82) is 0 Å². The number of nitrogens with two attached hydrogens (primary N) is 1. The highest BCUT2D eigenvalue weighted by atomic mass is 19.4. The fourth-order valence-electron chi connectivity index (χ4n) is 1.76. The maximum absolute atomic E-state index is 12.8. The van der Waals surface area contributed by atoms with E-state index in [1.54, 1.807) is 0 Å². The Morgan fingerprint density at radius 1 is 1.05 bits per heavy atom. The SMILES string of the molecule is NC(c1ccc(F)cc1)c1cnccc1C(F)(F)F. The molecule has 0 amide bonds. The van der Waals surface area contributed by atoms with Crippen LogP contribution >= 0.6 is 0 Å². The van der Waals surface area contributed by atoms with Crippen LogP contribution < -0.4 is 5.73 Å². The highest BCUT2D eigenvalue weighted by Crippen LogP contribution is 2.35. The lowest BCUT2D eigenvalue weighted by atomic mass is 9.97. The first-order valence-corrected chi connectivity index (χ1v) is 5.42. The molecule has 0 aliphatic carbocycles. The van der Waals surface area contributed by atoms with E-state index in [-0.39, 0.29) is 5.56 Å². The molecule has 1 unspecified atom stereocenters. The Bertz CT molecular complexity index is 564. The van der Waals surface area contributed by atoms with E-state index < -0.39 is 23.6 Å². The van der Waals surface area contributed by atoms with Crippen LogP contribution in [-0.4, -0.2) is 4.98 Å². The van der Waals surface area contributed by atoms with Gasteiger partial charge in [0.2, 0.25) is 0 Å². The highest BCUT2D eigenvalue weighted by Gasteiger charge is 2.34. The molecule has 1 atom stereocenters. The molecule has 1 aromatic carbocycles. The Morgan fingerprint density at radius 2 is 1.68 bits per heavy atom. The van der Waals surface area contributed by atoms with Gasteiger partial charge in [0.15, 0.2) is 0 Å². The van der Waals surface area contributed by atoms with Crippen molar-refractivity contribution in [2.45, 2.75) is 12.2 Å². The van der Waals surface area contributed by atoms with Crippen molar-refractivity contribution in [3.05, 3.63) is 65.2 Å². The average Bonchev–Trinajstić information content (AvgIpc) is 2.38. The molecule has 19 heavy (non-hydrogen) atoms.